The number of ether oxygens (including phenoxy) is 1. The van der Waals surface area contributed by atoms with Crippen LogP contribution >= 0.6 is 11.3 Å². The number of rotatable bonds is 4. The lowest BCUT2D eigenvalue weighted by Gasteiger charge is -2.18. The fourth-order valence-electron chi connectivity index (χ4n) is 3.74. The fourth-order valence-corrected chi connectivity index (χ4v) is 4.94. The normalized spacial score (nSPS) is 12.8. The largest absolute Gasteiger partial charge is 0.497 e. The molecule has 0 radical (unpaired) electrons. The third-order valence-corrected chi connectivity index (χ3v) is 6.70. The Morgan fingerprint density at radius 2 is 1.71 bits per heavy atom. The van der Waals surface area contributed by atoms with Gasteiger partial charge in [-0.15, -0.1) is 21.5 Å². The highest BCUT2D eigenvalue weighted by molar-refractivity contribution is 7.15. The topological polar surface area (TPSA) is 68.4 Å². The average molecular weight is 431 g/mol. The van der Waals surface area contributed by atoms with Crippen molar-refractivity contribution in [2.45, 2.75) is 27.3 Å². The lowest BCUT2D eigenvalue weighted by Crippen LogP contribution is -2.20. The standard InChI is InChI=1S/C23H22N6OS/c1-14-15(2)31-22-20(14)21(18-5-7-19(30-4)8-6-18)27-28(13-17-9-11-24-12-10-17)23-26-25-16(3)29(22)23/h5-12H,13H2,1-4H3. The number of aryl methyl sites for hydroxylation is 2. The maximum atomic E-state index is 5.36. The predicted molar refractivity (Wildman–Crippen MR) is 123 cm³/mol. The van der Waals surface area contributed by atoms with Crippen molar-refractivity contribution in [3.63, 3.8) is 0 Å². The molecule has 3 aromatic heterocycles. The first-order valence-corrected chi connectivity index (χ1v) is 10.8. The third kappa shape index (κ3) is 3.29. The predicted octanol–water partition coefficient (Wildman–Crippen LogP) is 4.43. The molecule has 0 aliphatic carbocycles. The number of methoxy groups -OCH3 is 1. The highest BCUT2D eigenvalue weighted by atomic mass is 32.1. The molecule has 4 aromatic rings. The molecule has 1 aliphatic rings. The van der Waals surface area contributed by atoms with Gasteiger partial charge in [-0.1, -0.05) is 0 Å². The molecular formula is C23H22N6OS. The fraction of sp³-hybridized carbons (Fsp3) is 0.217. The first-order chi connectivity index (χ1) is 15.1. The maximum absolute atomic E-state index is 5.36. The Balaban J connectivity index is 1.74. The van der Waals surface area contributed by atoms with Gasteiger partial charge in [-0.2, -0.15) is 5.10 Å². The van der Waals surface area contributed by atoms with Crippen molar-refractivity contribution in [3.8, 4) is 10.8 Å². The molecule has 0 atom stereocenters. The molecule has 0 N–H and O–H groups in total. The monoisotopic (exact) mass is 430 g/mol. The molecule has 8 heteroatoms. The van der Waals surface area contributed by atoms with Crippen molar-refractivity contribution in [3.05, 3.63) is 81.7 Å². The van der Waals surface area contributed by atoms with E-state index in [1.54, 1.807) is 30.8 Å². The molecule has 7 nitrogen and oxygen atoms in total. The SMILES string of the molecule is COc1ccc(C2=NN(Cc3ccncc3)c3nnc(C)n3-c3sc(C)c(C)c32)cc1. The number of benzene rings is 1. The van der Waals surface area contributed by atoms with Crippen LogP contribution in [0.25, 0.3) is 5.00 Å². The second-order valence-corrected chi connectivity index (χ2v) is 8.64. The van der Waals surface area contributed by atoms with Gasteiger partial charge in [-0.3, -0.25) is 9.55 Å². The molecule has 0 unspecified atom stereocenters. The number of hydrazone groups is 1. The lowest BCUT2D eigenvalue weighted by molar-refractivity contribution is 0.415. The summed E-state index contributed by atoms with van der Waals surface area (Å²) in [5.74, 6) is 2.36. The second kappa shape index (κ2) is 7.63. The minimum atomic E-state index is 0.563. The maximum Gasteiger partial charge on any atom is 0.253 e. The summed E-state index contributed by atoms with van der Waals surface area (Å²) in [7, 11) is 1.67. The van der Waals surface area contributed by atoms with E-state index in [1.807, 2.05) is 36.2 Å². The minimum absolute atomic E-state index is 0.563. The van der Waals surface area contributed by atoms with Crippen molar-refractivity contribution in [2.24, 2.45) is 5.10 Å². The van der Waals surface area contributed by atoms with Gasteiger partial charge in [0.15, 0.2) is 0 Å². The Labute approximate surface area is 184 Å². The van der Waals surface area contributed by atoms with E-state index in [4.69, 9.17) is 9.84 Å². The lowest BCUT2D eigenvalue weighted by atomic mass is 10.00. The summed E-state index contributed by atoms with van der Waals surface area (Å²) >= 11 is 1.75. The van der Waals surface area contributed by atoms with E-state index < -0.39 is 0 Å². The van der Waals surface area contributed by atoms with E-state index in [0.717, 1.165) is 39.0 Å². The number of aromatic nitrogens is 4. The average Bonchev–Trinajstić information content (AvgIpc) is 3.27. The van der Waals surface area contributed by atoms with Crippen LogP contribution in [0.3, 0.4) is 0 Å². The van der Waals surface area contributed by atoms with Gasteiger partial charge in [0, 0.05) is 28.4 Å². The Hall–Kier alpha value is -3.52. The van der Waals surface area contributed by atoms with Crippen molar-refractivity contribution in [2.75, 3.05) is 12.1 Å². The van der Waals surface area contributed by atoms with Crippen LogP contribution in [-0.2, 0) is 6.54 Å². The summed E-state index contributed by atoms with van der Waals surface area (Å²) in [4.78, 5) is 5.39. The van der Waals surface area contributed by atoms with Crippen molar-refractivity contribution >= 4 is 23.0 Å². The summed E-state index contributed by atoms with van der Waals surface area (Å²) in [6, 6.07) is 12.0. The number of thiophene rings is 1. The van der Waals surface area contributed by atoms with E-state index in [2.05, 4.69) is 45.7 Å². The minimum Gasteiger partial charge on any atom is -0.497 e. The highest BCUT2D eigenvalue weighted by Crippen LogP contribution is 2.38. The summed E-state index contributed by atoms with van der Waals surface area (Å²) < 4.78 is 7.47. The van der Waals surface area contributed by atoms with Gasteiger partial charge in [0.1, 0.15) is 22.3 Å². The van der Waals surface area contributed by atoms with Crippen LogP contribution in [0.15, 0.2) is 53.9 Å². The number of pyridine rings is 1. The van der Waals surface area contributed by atoms with Crippen LogP contribution in [0.4, 0.5) is 5.95 Å². The molecule has 0 bridgehead atoms. The van der Waals surface area contributed by atoms with Crippen molar-refractivity contribution in [1.29, 1.82) is 0 Å². The molecule has 0 amide bonds. The van der Waals surface area contributed by atoms with Crippen molar-refractivity contribution < 1.29 is 4.74 Å². The quantitative estimate of drug-likeness (QED) is 0.479. The van der Waals surface area contributed by atoms with Crippen LogP contribution in [0.2, 0.25) is 0 Å². The number of hydrogen-bond donors (Lipinski definition) is 0. The van der Waals surface area contributed by atoms with E-state index in [-0.39, 0.29) is 0 Å². The Morgan fingerprint density at radius 3 is 2.42 bits per heavy atom. The summed E-state index contributed by atoms with van der Waals surface area (Å²) in [6.07, 6.45) is 3.59. The zero-order valence-corrected chi connectivity index (χ0v) is 18.6. The summed E-state index contributed by atoms with van der Waals surface area (Å²) in [5, 5.41) is 17.0. The smallest absolute Gasteiger partial charge is 0.253 e. The van der Waals surface area contributed by atoms with E-state index in [9.17, 15) is 0 Å². The highest BCUT2D eigenvalue weighted by Gasteiger charge is 2.30. The summed E-state index contributed by atoms with van der Waals surface area (Å²) in [5.41, 5.74) is 5.38. The first-order valence-electron chi connectivity index (χ1n) is 9.99. The van der Waals surface area contributed by atoms with E-state index in [1.165, 1.54) is 10.4 Å². The van der Waals surface area contributed by atoms with Gasteiger partial charge in [0.25, 0.3) is 5.95 Å². The number of anilines is 1. The first kappa shape index (κ1) is 19.4. The number of fused-ring (bicyclic) bond motifs is 3. The van der Waals surface area contributed by atoms with Crippen LogP contribution < -0.4 is 9.75 Å². The molecule has 0 saturated heterocycles. The van der Waals surface area contributed by atoms with Crippen LogP contribution in [-0.4, -0.2) is 32.6 Å². The third-order valence-electron chi connectivity index (χ3n) is 5.51. The van der Waals surface area contributed by atoms with Gasteiger partial charge in [-0.05, 0) is 68.3 Å². The van der Waals surface area contributed by atoms with E-state index in [0.29, 0.717) is 12.5 Å². The number of hydrogen-bond acceptors (Lipinski definition) is 7. The van der Waals surface area contributed by atoms with Gasteiger partial charge in [0.05, 0.1) is 13.7 Å². The van der Waals surface area contributed by atoms with Crippen LogP contribution in [0.1, 0.15) is 33.0 Å². The molecule has 156 valence electrons. The molecule has 0 saturated carbocycles. The molecule has 0 spiro atoms. The molecule has 0 fully saturated rings. The van der Waals surface area contributed by atoms with Gasteiger partial charge in [-0.25, -0.2) is 5.01 Å². The van der Waals surface area contributed by atoms with Gasteiger partial charge in [0.2, 0.25) is 0 Å². The zero-order chi connectivity index (χ0) is 21.5. The molecule has 1 aromatic carbocycles. The molecule has 5 rings (SSSR count). The van der Waals surface area contributed by atoms with Gasteiger partial charge >= 0.3 is 0 Å². The second-order valence-electron chi connectivity index (χ2n) is 7.44. The Morgan fingerprint density at radius 1 is 0.968 bits per heavy atom. The summed E-state index contributed by atoms with van der Waals surface area (Å²) in [6.45, 7) is 6.84. The van der Waals surface area contributed by atoms with Crippen LogP contribution in [0.5, 0.6) is 5.75 Å². The number of nitrogens with zero attached hydrogens (tertiary/aromatic N) is 6. The molecule has 1 aliphatic heterocycles. The molecular weight excluding hydrogens is 408 g/mol. The van der Waals surface area contributed by atoms with E-state index >= 15 is 0 Å². The van der Waals surface area contributed by atoms with Crippen LogP contribution in [0, 0.1) is 20.8 Å². The Bertz CT molecular complexity index is 1270. The molecule has 31 heavy (non-hydrogen) atoms. The molecule has 4 heterocycles. The van der Waals surface area contributed by atoms with Gasteiger partial charge < -0.3 is 4.74 Å². The zero-order valence-electron chi connectivity index (χ0n) is 17.8. The van der Waals surface area contributed by atoms with Crippen molar-refractivity contribution in [1.82, 2.24) is 19.7 Å². The Kier molecular flexibility index (Phi) is 4.78.